The molecule has 5 nitrogen and oxygen atoms in total. The van der Waals surface area contributed by atoms with E-state index in [1.54, 1.807) is 0 Å². The van der Waals surface area contributed by atoms with E-state index >= 15 is 0 Å². The molecule has 0 aliphatic carbocycles. The second-order valence-electron chi connectivity index (χ2n) is 4.04. The van der Waals surface area contributed by atoms with Crippen LogP contribution in [0, 0.1) is 0 Å². The van der Waals surface area contributed by atoms with Gasteiger partial charge in [0.1, 0.15) is 0 Å². The molecule has 1 amide bonds. The van der Waals surface area contributed by atoms with Gasteiger partial charge in [0.25, 0.3) is 0 Å². The van der Waals surface area contributed by atoms with E-state index in [9.17, 15) is 4.79 Å². The van der Waals surface area contributed by atoms with Crippen molar-refractivity contribution < 1.29 is 4.79 Å². The summed E-state index contributed by atoms with van der Waals surface area (Å²) in [6.07, 6.45) is 1.98. The molecule has 0 atom stereocenters. The third-order valence-corrected chi connectivity index (χ3v) is 2.17. The van der Waals surface area contributed by atoms with Gasteiger partial charge in [0.2, 0.25) is 5.91 Å². The van der Waals surface area contributed by atoms with E-state index in [0.717, 1.165) is 18.8 Å². The number of carbonyl (C=O) groups is 1. The maximum atomic E-state index is 10.6. The van der Waals surface area contributed by atoms with E-state index in [2.05, 4.69) is 29.6 Å². The summed E-state index contributed by atoms with van der Waals surface area (Å²) in [4.78, 5) is 10.6. The van der Waals surface area contributed by atoms with Gasteiger partial charge in [-0.05, 0) is 19.9 Å². The van der Waals surface area contributed by atoms with Gasteiger partial charge in [-0.15, -0.1) is 0 Å². The van der Waals surface area contributed by atoms with E-state index < -0.39 is 0 Å². The molecule has 1 aromatic rings. The topological polar surface area (TPSA) is 59.0 Å². The molecule has 0 saturated heterocycles. The highest BCUT2D eigenvalue weighted by molar-refractivity contribution is 5.72. The predicted octanol–water partition coefficient (Wildman–Crippen LogP) is 0.690. The smallest absolute Gasteiger partial charge is 0.216 e. The number of amides is 1. The van der Waals surface area contributed by atoms with Crippen molar-refractivity contribution in [1.29, 1.82) is 0 Å². The SMILES string of the molecule is CC(=O)NCCNCc1ccn(C(C)C)n1. The van der Waals surface area contributed by atoms with Crippen LogP contribution in [0.15, 0.2) is 12.3 Å². The summed E-state index contributed by atoms with van der Waals surface area (Å²) in [5, 5.41) is 10.4. The monoisotopic (exact) mass is 224 g/mol. The van der Waals surface area contributed by atoms with Crippen molar-refractivity contribution in [3.63, 3.8) is 0 Å². The first kappa shape index (κ1) is 12.7. The van der Waals surface area contributed by atoms with E-state index in [-0.39, 0.29) is 5.91 Å². The Kier molecular flexibility index (Phi) is 4.98. The van der Waals surface area contributed by atoms with Crippen molar-refractivity contribution in [3.05, 3.63) is 18.0 Å². The number of nitrogens with zero attached hydrogens (tertiary/aromatic N) is 2. The lowest BCUT2D eigenvalue weighted by Crippen LogP contribution is -2.30. The van der Waals surface area contributed by atoms with Crippen LogP contribution in [0.1, 0.15) is 32.5 Å². The van der Waals surface area contributed by atoms with Crippen molar-refractivity contribution in [1.82, 2.24) is 20.4 Å². The predicted molar refractivity (Wildman–Crippen MR) is 63.0 cm³/mol. The highest BCUT2D eigenvalue weighted by atomic mass is 16.1. The largest absolute Gasteiger partial charge is 0.355 e. The maximum absolute atomic E-state index is 10.6. The zero-order valence-corrected chi connectivity index (χ0v) is 10.2. The van der Waals surface area contributed by atoms with Gasteiger partial charge in [0.15, 0.2) is 0 Å². The van der Waals surface area contributed by atoms with Gasteiger partial charge in [0, 0.05) is 38.8 Å². The molecule has 1 aromatic heterocycles. The van der Waals surface area contributed by atoms with Crippen LogP contribution in [0.3, 0.4) is 0 Å². The summed E-state index contributed by atoms with van der Waals surface area (Å²) >= 11 is 0. The fourth-order valence-corrected chi connectivity index (χ4v) is 1.30. The molecule has 90 valence electrons. The third-order valence-electron chi connectivity index (χ3n) is 2.17. The third kappa shape index (κ3) is 4.44. The molecule has 2 N–H and O–H groups in total. The molecule has 0 bridgehead atoms. The Morgan fingerprint density at radius 1 is 1.50 bits per heavy atom. The number of hydrogen-bond acceptors (Lipinski definition) is 3. The highest BCUT2D eigenvalue weighted by Crippen LogP contribution is 2.03. The van der Waals surface area contributed by atoms with Crippen molar-refractivity contribution >= 4 is 5.91 Å². The summed E-state index contributed by atoms with van der Waals surface area (Å²) in [7, 11) is 0. The second kappa shape index (κ2) is 6.27. The zero-order valence-electron chi connectivity index (χ0n) is 10.2. The fraction of sp³-hybridized carbons (Fsp3) is 0.636. The Balaban J connectivity index is 2.19. The molecule has 0 aromatic carbocycles. The van der Waals surface area contributed by atoms with E-state index in [1.165, 1.54) is 6.92 Å². The van der Waals surface area contributed by atoms with Crippen LogP contribution in [-0.2, 0) is 11.3 Å². The van der Waals surface area contributed by atoms with Crippen LogP contribution in [0.5, 0.6) is 0 Å². The van der Waals surface area contributed by atoms with Gasteiger partial charge in [-0.2, -0.15) is 5.10 Å². The summed E-state index contributed by atoms with van der Waals surface area (Å²) < 4.78 is 1.94. The van der Waals surface area contributed by atoms with Gasteiger partial charge in [-0.3, -0.25) is 9.48 Å². The normalized spacial score (nSPS) is 10.8. The van der Waals surface area contributed by atoms with Crippen LogP contribution in [0.25, 0.3) is 0 Å². The first-order chi connectivity index (χ1) is 7.59. The van der Waals surface area contributed by atoms with Gasteiger partial charge in [-0.1, -0.05) is 0 Å². The molecule has 0 spiro atoms. The Bertz CT molecular complexity index is 332. The summed E-state index contributed by atoms with van der Waals surface area (Å²) in [5.74, 6) is 0.00545. The Hall–Kier alpha value is -1.36. The number of hydrogen-bond donors (Lipinski definition) is 2. The lowest BCUT2D eigenvalue weighted by atomic mass is 10.4. The average molecular weight is 224 g/mol. The summed E-state index contributed by atoms with van der Waals surface area (Å²) in [6, 6.07) is 2.40. The van der Waals surface area contributed by atoms with E-state index in [0.29, 0.717) is 12.6 Å². The molecule has 5 heteroatoms. The number of carbonyl (C=O) groups excluding carboxylic acids is 1. The van der Waals surface area contributed by atoms with Crippen LogP contribution in [0.4, 0.5) is 0 Å². The number of nitrogens with one attached hydrogen (secondary N) is 2. The lowest BCUT2D eigenvalue weighted by molar-refractivity contribution is -0.118. The minimum atomic E-state index is 0.00545. The van der Waals surface area contributed by atoms with Gasteiger partial charge >= 0.3 is 0 Å². The Morgan fingerprint density at radius 3 is 2.81 bits per heavy atom. The molecule has 1 heterocycles. The standard InChI is InChI=1S/C11H20N4O/c1-9(2)15-7-4-11(14-15)8-12-5-6-13-10(3)16/h4,7,9,12H,5-6,8H2,1-3H3,(H,13,16). The van der Waals surface area contributed by atoms with Crippen LogP contribution < -0.4 is 10.6 Å². The molecule has 0 unspecified atom stereocenters. The maximum Gasteiger partial charge on any atom is 0.216 e. The first-order valence-corrected chi connectivity index (χ1v) is 5.59. The molecular formula is C11H20N4O. The summed E-state index contributed by atoms with van der Waals surface area (Å²) in [5.41, 5.74) is 1.02. The average Bonchev–Trinajstić information content (AvgIpc) is 2.65. The van der Waals surface area contributed by atoms with Crippen LogP contribution in [0.2, 0.25) is 0 Å². The second-order valence-corrected chi connectivity index (χ2v) is 4.04. The number of aromatic nitrogens is 2. The minimum absolute atomic E-state index is 0.00545. The van der Waals surface area contributed by atoms with Crippen molar-refractivity contribution in [2.75, 3.05) is 13.1 Å². The van der Waals surface area contributed by atoms with Gasteiger partial charge in [0.05, 0.1) is 5.69 Å². The van der Waals surface area contributed by atoms with E-state index in [1.807, 2.05) is 16.9 Å². The molecule has 0 saturated carbocycles. The van der Waals surface area contributed by atoms with Crippen LogP contribution in [-0.4, -0.2) is 28.8 Å². The lowest BCUT2D eigenvalue weighted by Gasteiger charge is -2.05. The molecule has 16 heavy (non-hydrogen) atoms. The zero-order chi connectivity index (χ0) is 12.0. The van der Waals surface area contributed by atoms with Crippen molar-refractivity contribution in [2.45, 2.75) is 33.4 Å². The van der Waals surface area contributed by atoms with Crippen molar-refractivity contribution in [2.24, 2.45) is 0 Å². The molecule has 0 aliphatic heterocycles. The highest BCUT2D eigenvalue weighted by Gasteiger charge is 2.01. The molecular weight excluding hydrogens is 204 g/mol. The Morgan fingerprint density at radius 2 is 2.25 bits per heavy atom. The van der Waals surface area contributed by atoms with Crippen molar-refractivity contribution in [3.8, 4) is 0 Å². The number of rotatable bonds is 6. The van der Waals surface area contributed by atoms with Gasteiger partial charge < -0.3 is 10.6 Å². The molecule has 1 rings (SSSR count). The Labute approximate surface area is 96.2 Å². The summed E-state index contributed by atoms with van der Waals surface area (Å²) in [6.45, 7) is 7.86. The fourth-order valence-electron chi connectivity index (χ4n) is 1.30. The minimum Gasteiger partial charge on any atom is -0.355 e. The molecule has 0 aliphatic rings. The molecule has 0 radical (unpaired) electrons. The first-order valence-electron chi connectivity index (χ1n) is 5.59. The van der Waals surface area contributed by atoms with E-state index in [4.69, 9.17) is 0 Å². The van der Waals surface area contributed by atoms with Gasteiger partial charge in [-0.25, -0.2) is 0 Å². The quantitative estimate of drug-likeness (QED) is 0.699. The van der Waals surface area contributed by atoms with Crippen LogP contribution >= 0.6 is 0 Å². The molecule has 0 fully saturated rings.